The molecule has 0 bridgehead atoms. The van der Waals surface area contributed by atoms with Crippen molar-refractivity contribution in [3.63, 3.8) is 0 Å². The summed E-state index contributed by atoms with van der Waals surface area (Å²) in [5.74, 6) is 0. The largest absolute Gasteiger partial charge is 0.308 e. The van der Waals surface area contributed by atoms with Crippen molar-refractivity contribution in [1.82, 2.24) is 4.57 Å². The average Bonchev–Trinajstić information content (AvgIpc) is 3.66. The van der Waals surface area contributed by atoms with Gasteiger partial charge in [-0.3, -0.25) is 0 Å². The molecule has 0 aliphatic heterocycles. The quantitative estimate of drug-likeness (QED) is 0.193. The third-order valence-electron chi connectivity index (χ3n) is 8.78. The highest BCUT2D eigenvalue weighted by Crippen LogP contribution is 2.47. The van der Waals surface area contributed by atoms with Gasteiger partial charge in [0, 0.05) is 22.1 Å². The standard InChI is InChI=1S/C42H28N2S/c1-2-11-29(12-3-1)31-21-24-34(25-22-31)44(38-20-10-16-32-14-6-7-17-36(32)38)41-28-40-42(45-41)37-18-8-9-19-39(37)43(40)35-26-23-30-13-4-5-15-33(30)27-35/h1-28H. The van der Waals surface area contributed by atoms with Gasteiger partial charge in [0.2, 0.25) is 0 Å². The van der Waals surface area contributed by atoms with E-state index in [9.17, 15) is 0 Å². The fourth-order valence-corrected chi connectivity index (χ4v) is 7.86. The predicted molar refractivity (Wildman–Crippen MR) is 194 cm³/mol. The zero-order valence-corrected chi connectivity index (χ0v) is 25.3. The Balaban J connectivity index is 1.28. The number of fused-ring (bicyclic) bond motifs is 5. The Bertz CT molecular complexity index is 2480. The molecule has 0 saturated heterocycles. The SMILES string of the molecule is c1ccc(-c2ccc(N(c3cc4c(s3)c3ccccc3n4-c3ccc4ccccc4c3)c3cccc4ccccc34)cc2)cc1. The van der Waals surface area contributed by atoms with Crippen LogP contribution < -0.4 is 4.90 Å². The van der Waals surface area contributed by atoms with Crippen LogP contribution in [0.1, 0.15) is 0 Å². The molecule has 2 nitrogen and oxygen atoms in total. The van der Waals surface area contributed by atoms with Crippen molar-refractivity contribution in [2.45, 2.75) is 0 Å². The first-order chi connectivity index (χ1) is 22.3. The Kier molecular flexibility index (Phi) is 6.03. The number of rotatable bonds is 5. The van der Waals surface area contributed by atoms with E-state index in [1.165, 1.54) is 70.2 Å². The van der Waals surface area contributed by atoms with Crippen LogP contribution in [0.2, 0.25) is 0 Å². The first-order valence-electron chi connectivity index (χ1n) is 15.3. The minimum atomic E-state index is 1.14. The fraction of sp³-hybridized carbons (Fsp3) is 0. The number of hydrogen-bond acceptors (Lipinski definition) is 2. The number of para-hydroxylation sites is 1. The summed E-state index contributed by atoms with van der Waals surface area (Å²) in [6.07, 6.45) is 0. The van der Waals surface area contributed by atoms with Crippen LogP contribution in [-0.2, 0) is 0 Å². The summed E-state index contributed by atoms with van der Waals surface area (Å²) in [6.45, 7) is 0. The first-order valence-corrected chi connectivity index (χ1v) is 16.1. The summed E-state index contributed by atoms with van der Waals surface area (Å²) in [5, 5.41) is 7.41. The normalized spacial score (nSPS) is 11.6. The molecule has 0 aliphatic rings. The van der Waals surface area contributed by atoms with Crippen LogP contribution in [-0.4, -0.2) is 4.57 Å². The molecule has 2 heterocycles. The van der Waals surface area contributed by atoms with Gasteiger partial charge in [-0.15, -0.1) is 11.3 Å². The maximum absolute atomic E-state index is 2.43. The van der Waals surface area contributed by atoms with Gasteiger partial charge in [-0.05, 0) is 69.8 Å². The summed E-state index contributed by atoms with van der Waals surface area (Å²) in [4.78, 5) is 2.43. The molecule has 0 saturated carbocycles. The van der Waals surface area contributed by atoms with Gasteiger partial charge in [-0.2, -0.15) is 0 Å². The summed E-state index contributed by atoms with van der Waals surface area (Å²) in [5.41, 5.74) is 8.36. The van der Waals surface area contributed by atoms with Crippen LogP contribution in [0.3, 0.4) is 0 Å². The van der Waals surface area contributed by atoms with Crippen molar-refractivity contribution < 1.29 is 0 Å². The molecular weight excluding hydrogens is 565 g/mol. The second kappa shape index (κ2) is 10.5. The highest BCUT2D eigenvalue weighted by molar-refractivity contribution is 7.24. The predicted octanol–water partition coefficient (Wildman–Crippen LogP) is 12.3. The third kappa shape index (κ3) is 4.32. The highest BCUT2D eigenvalue weighted by atomic mass is 32.1. The zero-order valence-electron chi connectivity index (χ0n) is 24.5. The van der Waals surface area contributed by atoms with Crippen LogP contribution in [0.15, 0.2) is 170 Å². The van der Waals surface area contributed by atoms with Crippen molar-refractivity contribution in [3.05, 3.63) is 170 Å². The molecule has 0 spiro atoms. The maximum atomic E-state index is 2.43. The number of hydrogen-bond donors (Lipinski definition) is 0. The van der Waals surface area contributed by atoms with Crippen LogP contribution in [0.5, 0.6) is 0 Å². The van der Waals surface area contributed by atoms with E-state index in [0.717, 1.165) is 5.69 Å². The van der Waals surface area contributed by atoms with Crippen molar-refractivity contribution in [2.75, 3.05) is 4.90 Å². The van der Waals surface area contributed by atoms with Crippen LogP contribution in [0.25, 0.3) is 59.5 Å². The van der Waals surface area contributed by atoms with E-state index in [-0.39, 0.29) is 0 Å². The van der Waals surface area contributed by atoms with Crippen molar-refractivity contribution >= 4 is 70.4 Å². The molecule has 2 aromatic heterocycles. The highest BCUT2D eigenvalue weighted by Gasteiger charge is 2.22. The summed E-state index contributed by atoms with van der Waals surface area (Å²) in [7, 11) is 0. The molecule has 45 heavy (non-hydrogen) atoms. The Morgan fingerprint density at radius 1 is 0.444 bits per heavy atom. The lowest BCUT2D eigenvalue weighted by molar-refractivity contribution is 1.19. The number of aromatic nitrogens is 1. The van der Waals surface area contributed by atoms with Crippen molar-refractivity contribution in [1.29, 1.82) is 0 Å². The lowest BCUT2D eigenvalue weighted by Crippen LogP contribution is -2.09. The van der Waals surface area contributed by atoms with Gasteiger partial charge < -0.3 is 9.47 Å². The smallest absolute Gasteiger partial charge is 0.103 e. The summed E-state index contributed by atoms with van der Waals surface area (Å²) < 4.78 is 3.72. The van der Waals surface area contributed by atoms with E-state index in [1.807, 2.05) is 11.3 Å². The van der Waals surface area contributed by atoms with Gasteiger partial charge in [0.05, 0.1) is 21.4 Å². The topological polar surface area (TPSA) is 8.17 Å². The number of benzene rings is 7. The minimum Gasteiger partial charge on any atom is -0.308 e. The second-order valence-corrected chi connectivity index (χ2v) is 12.5. The van der Waals surface area contributed by atoms with Gasteiger partial charge in [-0.25, -0.2) is 0 Å². The molecule has 7 aromatic carbocycles. The molecule has 0 amide bonds. The Hall–Kier alpha value is -5.64. The lowest BCUT2D eigenvalue weighted by atomic mass is 10.0. The second-order valence-electron chi connectivity index (χ2n) is 11.4. The summed E-state index contributed by atoms with van der Waals surface area (Å²) >= 11 is 1.86. The number of anilines is 3. The average molecular weight is 593 g/mol. The van der Waals surface area contributed by atoms with Crippen molar-refractivity contribution in [3.8, 4) is 16.8 Å². The van der Waals surface area contributed by atoms with Gasteiger partial charge >= 0.3 is 0 Å². The van der Waals surface area contributed by atoms with E-state index in [2.05, 4.69) is 179 Å². The first kappa shape index (κ1) is 25.8. The van der Waals surface area contributed by atoms with Gasteiger partial charge in [-0.1, -0.05) is 127 Å². The lowest BCUT2D eigenvalue weighted by Gasteiger charge is -2.25. The molecule has 3 heteroatoms. The van der Waals surface area contributed by atoms with Crippen LogP contribution >= 0.6 is 11.3 Å². The number of thiophene rings is 1. The number of nitrogens with zero attached hydrogens (tertiary/aromatic N) is 2. The molecule has 0 N–H and O–H groups in total. The fourth-order valence-electron chi connectivity index (χ4n) is 6.64. The Morgan fingerprint density at radius 3 is 1.96 bits per heavy atom. The van der Waals surface area contributed by atoms with E-state index in [1.54, 1.807) is 0 Å². The third-order valence-corrected chi connectivity index (χ3v) is 9.92. The maximum Gasteiger partial charge on any atom is 0.103 e. The van der Waals surface area contributed by atoms with Gasteiger partial charge in [0.25, 0.3) is 0 Å². The van der Waals surface area contributed by atoms with Crippen LogP contribution in [0, 0.1) is 0 Å². The van der Waals surface area contributed by atoms with E-state index >= 15 is 0 Å². The van der Waals surface area contributed by atoms with Crippen molar-refractivity contribution in [2.24, 2.45) is 0 Å². The molecule has 9 aromatic rings. The van der Waals surface area contributed by atoms with Crippen LogP contribution in [0.4, 0.5) is 16.4 Å². The molecule has 0 fully saturated rings. The molecule has 0 radical (unpaired) electrons. The van der Waals surface area contributed by atoms with E-state index in [0.29, 0.717) is 0 Å². The summed E-state index contributed by atoms with van der Waals surface area (Å²) in [6, 6.07) is 61.4. The molecular formula is C42H28N2S. The zero-order chi connectivity index (χ0) is 29.7. The molecule has 212 valence electrons. The Labute approximate surface area is 265 Å². The van der Waals surface area contributed by atoms with E-state index in [4.69, 9.17) is 0 Å². The minimum absolute atomic E-state index is 1.14. The monoisotopic (exact) mass is 592 g/mol. The molecule has 0 atom stereocenters. The van der Waals surface area contributed by atoms with Gasteiger partial charge in [0.15, 0.2) is 0 Å². The molecule has 9 rings (SSSR count). The Morgan fingerprint density at radius 2 is 1.11 bits per heavy atom. The molecule has 0 aliphatic carbocycles. The molecule has 0 unspecified atom stereocenters. The van der Waals surface area contributed by atoms with E-state index < -0.39 is 0 Å². The van der Waals surface area contributed by atoms with Gasteiger partial charge in [0.1, 0.15) is 5.00 Å².